The second-order valence-electron chi connectivity index (χ2n) is 5.84. The molecule has 0 aromatic heterocycles. The van der Waals surface area contributed by atoms with Crippen molar-refractivity contribution in [3.05, 3.63) is 62.7 Å². The van der Waals surface area contributed by atoms with Crippen LogP contribution in [0.4, 0.5) is 22.7 Å². The van der Waals surface area contributed by atoms with E-state index in [2.05, 4.69) is 10.2 Å². The zero-order chi connectivity index (χ0) is 22.2. The maximum atomic E-state index is 11.2. The fraction of sp³-hybridized carbons (Fsp3) is 0. The first-order valence-electron chi connectivity index (χ1n) is 7.80. The van der Waals surface area contributed by atoms with Gasteiger partial charge in [-0.3, -0.25) is 24.8 Å². The predicted molar refractivity (Wildman–Crippen MR) is 101 cm³/mol. The Kier molecular flexibility index (Phi) is 5.03. The molecular weight excluding hydrogens is 424 g/mol. The van der Waals surface area contributed by atoms with E-state index in [1.807, 2.05) is 0 Å². The van der Waals surface area contributed by atoms with Gasteiger partial charge in [-0.2, -0.15) is 8.42 Å². The third kappa shape index (κ3) is 3.85. The van der Waals surface area contributed by atoms with Crippen LogP contribution in [-0.4, -0.2) is 33.0 Å². The number of fused-ring (bicyclic) bond motifs is 1. The molecule has 0 unspecified atom stereocenters. The summed E-state index contributed by atoms with van der Waals surface area (Å²) in [5.41, 5.74) is -2.39. The molecule has 14 heteroatoms. The highest BCUT2D eigenvalue weighted by Gasteiger charge is 2.24. The van der Waals surface area contributed by atoms with Crippen molar-refractivity contribution >= 4 is 43.6 Å². The summed E-state index contributed by atoms with van der Waals surface area (Å²) in [4.78, 5) is 19.6. The second-order valence-corrected chi connectivity index (χ2v) is 7.26. The van der Waals surface area contributed by atoms with Gasteiger partial charge in [-0.25, -0.2) is 0 Å². The van der Waals surface area contributed by atoms with Gasteiger partial charge in [0.15, 0.2) is 5.75 Å². The minimum absolute atomic E-state index is 0.146. The van der Waals surface area contributed by atoms with Crippen LogP contribution < -0.4 is 0 Å². The molecule has 0 spiro atoms. The van der Waals surface area contributed by atoms with E-state index < -0.39 is 53.4 Å². The third-order valence-corrected chi connectivity index (χ3v) is 4.82. The van der Waals surface area contributed by atoms with Crippen LogP contribution in [-0.2, 0) is 10.1 Å². The van der Waals surface area contributed by atoms with Crippen molar-refractivity contribution in [1.29, 1.82) is 0 Å². The van der Waals surface area contributed by atoms with Gasteiger partial charge in [0.25, 0.3) is 15.8 Å². The van der Waals surface area contributed by atoms with Crippen molar-refractivity contribution in [2.24, 2.45) is 10.2 Å². The van der Waals surface area contributed by atoms with Crippen LogP contribution in [0.5, 0.6) is 11.5 Å². The van der Waals surface area contributed by atoms with Gasteiger partial charge in [-0.1, -0.05) is 6.07 Å². The highest BCUT2D eigenvalue weighted by atomic mass is 32.2. The maximum Gasteiger partial charge on any atom is 0.319 e. The molecule has 0 aliphatic heterocycles. The van der Waals surface area contributed by atoms with E-state index in [-0.39, 0.29) is 16.5 Å². The Labute approximate surface area is 166 Å². The molecule has 0 heterocycles. The smallest absolute Gasteiger partial charge is 0.319 e. The number of hydrogen-bond donors (Lipinski definition) is 3. The molecule has 3 aromatic rings. The number of phenolic OH excluding ortho intramolecular Hbond substituents is 2. The predicted octanol–water partition coefficient (Wildman–Crippen LogP) is 3.73. The molecule has 13 nitrogen and oxygen atoms in total. The minimum Gasteiger partial charge on any atom is -0.505 e. The molecule has 0 bridgehead atoms. The molecule has 0 radical (unpaired) electrons. The molecule has 3 aromatic carbocycles. The first kappa shape index (κ1) is 20.6. The molecule has 0 saturated heterocycles. The van der Waals surface area contributed by atoms with Gasteiger partial charge in [0.1, 0.15) is 11.4 Å². The van der Waals surface area contributed by atoms with Gasteiger partial charge in [-0.05, 0) is 29.7 Å². The summed E-state index contributed by atoms with van der Waals surface area (Å²) < 4.78 is 31.5. The lowest BCUT2D eigenvalue weighted by molar-refractivity contribution is -0.394. The topological polar surface area (TPSA) is 206 Å². The first-order chi connectivity index (χ1) is 14.0. The van der Waals surface area contributed by atoms with Crippen LogP contribution in [0.2, 0.25) is 0 Å². The fourth-order valence-corrected chi connectivity index (χ4v) is 3.06. The number of non-ortho nitro benzene ring substituents is 1. The summed E-state index contributed by atoms with van der Waals surface area (Å²) in [6, 6.07) is 7.28. The standard InChI is InChI=1S/C16H10N4O9S/c21-15-11-3-2-10(30(27,28)29)5-8(11)1-4-12(15)17-18-13-6-9(19(23)24)7-14(16(13)22)20(25)26/h1-7,21-22H,(H,27,28,29). The van der Waals surface area contributed by atoms with Crippen LogP contribution >= 0.6 is 0 Å². The van der Waals surface area contributed by atoms with Crippen molar-refractivity contribution in [2.45, 2.75) is 4.90 Å². The van der Waals surface area contributed by atoms with Gasteiger partial charge >= 0.3 is 5.69 Å². The summed E-state index contributed by atoms with van der Waals surface area (Å²) >= 11 is 0. The second kappa shape index (κ2) is 7.34. The Morgan fingerprint density at radius 3 is 2.10 bits per heavy atom. The van der Waals surface area contributed by atoms with Crippen molar-refractivity contribution in [1.82, 2.24) is 0 Å². The SMILES string of the molecule is O=[N+]([O-])c1cc(N=Nc2ccc3cc(S(=O)(=O)O)ccc3c2O)c(O)c([N+](=O)[O-])c1. The molecule has 0 aliphatic rings. The molecule has 0 aliphatic carbocycles. The Balaban J connectivity index is 2.09. The third-order valence-electron chi connectivity index (χ3n) is 3.97. The molecule has 0 saturated carbocycles. The summed E-state index contributed by atoms with van der Waals surface area (Å²) in [6.45, 7) is 0. The van der Waals surface area contributed by atoms with Gasteiger partial charge in [0, 0.05) is 11.5 Å². The molecule has 0 atom stereocenters. The maximum absolute atomic E-state index is 11.2. The number of azo groups is 1. The van der Waals surface area contributed by atoms with Gasteiger partial charge < -0.3 is 10.2 Å². The highest BCUT2D eigenvalue weighted by molar-refractivity contribution is 7.85. The molecule has 0 fully saturated rings. The number of nitro groups is 2. The number of rotatable bonds is 5. The number of aromatic hydroxyl groups is 2. The molecular formula is C16H10N4O9S. The summed E-state index contributed by atoms with van der Waals surface area (Å²) in [5.74, 6) is -1.40. The lowest BCUT2D eigenvalue weighted by Gasteiger charge is -2.05. The quantitative estimate of drug-likeness (QED) is 0.231. The number of nitro benzene ring substituents is 2. The van der Waals surface area contributed by atoms with Crippen molar-refractivity contribution in [3.63, 3.8) is 0 Å². The van der Waals surface area contributed by atoms with Gasteiger partial charge in [-0.15, -0.1) is 10.2 Å². The van der Waals surface area contributed by atoms with Crippen LogP contribution in [0.1, 0.15) is 0 Å². The van der Waals surface area contributed by atoms with Gasteiger partial charge in [0.2, 0.25) is 5.75 Å². The zero-order valence-corrected chi connectivity index (χ0v) is 15.3. The first-order valence-corrected chi connectivity index (χ1v) is 9.24. The van der Waals surface area contributed by atoms with E-state index in [9.17, 15) is 38.9 Å². The monoisotopic (exact) mass is 434 g/mol. The van der Waals surface area contributed by atoms with E-state index >= 15 is 0 Å². The lowest BCUT2D eigenvalue weighted by atomic mass is 10.1. The molecule has 0 amide bonds. The highest BCUT2D eigenvalue weighted by Crippen LogP contribution is 2.42. The van der Waals surface area contributed by atoms with E-state index in [0.29, 0.717) is 6.07 Å². The molecule has 3 rings (SSSR count). The minimum atomic E-state index is -4.45. The van der Waals surface area contributed by atoms with Crippen LogP contribution in [0, 0.1) is 20.2 Å². The summed E-state index contributed by atoms with van der Waals surface area (Å²) in [6.07, 6.45) is 0. The number of nitrogens with zero attached hydrogens (tertiary/aromatic N) is 4. The zero-order valence-electron chi connectivity index (χ0n) is 14.5. The molecule has 3 N–H and O–H groups in total. The van der Waals surface area contributed by atoms with E-state index in [0.717, 1.165) is 18.2 Å². The lowest BCUT2D eigenvalue weighted by Crippen LogP contribution is -1.97. The van der Waals surface area contributed by atoms with Crippen LogP contribution in [0.25, 0.3) is 10.8 Å². The van der Waals surface area contributed by atoms with E-state index in [1.54, 1.807) is 0 Å². The Hall–Kier alpha value is -4.17. The van der Waals surface area contributed by atoms with E-state index in [1.165, 1.54) is 18.2 Å². The Bertz CT molecular complexity index is 1350. The summed E-state index contributed by atoms with van der Waals surface area (Å²) in [7, 11) is -4.45. The van der Waals surface area contributed by atoms with Crippen molar-refractivity contribution in [3.8, 4) is 11.5 Å². The van der Waals surface area contributed by atoms with Crippen LogP contribution in [0.3, 0.4) is 0 Å². The van der Waals surface area contributed by atoms with Gasteiger partial charge in [0.05, 0.1) is 20.8 Å². The Morgan fingerprint density at radius 2 is 1.50 bits per heavy atom. The average molecular weight is 434 g/mol. The van der Waals surface area contributed by atoms with E-state index in [4.69, 9.17) is 4.55 Å². The average Bonchev–Trinajstić information content (AvgIpc) is 2.67. The van der Waals surface area contributed by atoms with Crippen LogP contribution in [0.15, 0.2) is 57.6 Å². The normalized spacial score (nSPS) is 11.8. The van der Waals surface area contributed by atoms with Crippen molar-refractivity contribution < 1.29 is 33.0 Å². The number of benzene rings is 3. The Morgan fingerprint density at radius 1 is 0.833 bits per heavy atom. The summed E-state index contributed by atoms with van der Waals surface area (Å²) in [5, 5.41) is 49.8. The fourth-order valence-electron chi connectivity index (χ4n) is 2.54. The van der Waals surface area contributed by atoms with Crippen molar-refractivity contribution in [2.75, 3.05) is 0 Å². The largest absolute Gasteiger partial charge is 0.505 e. The number of hydrogen-bond acceptors (Lipinski definition) is 10. The molecule has 154 valence electrons. The number of phenols is 2. The molecule has 30 heavy (non-hydrogen) atoms.